The minimum absolute atomic E-state index is 0.139. The number of likely N-dealkylation sites (tertiary alicyclic amines) is 1. The molecule has 2 heterocycles. The Bertz CT molecular complexity index is 842. The van der Waals surface area contributed by atoms with Gasteiger partial charge < -0.3 is 9.47 Å². The molecular weight excluding hydrogens is 383 g/mol. The molecule has 0 radical (unpaired) electrons. The number of ether oxygens (including phenoxy) is 2. The lowest BCUT2D eigenvalue weighted by molar-refractivity contribution is -0.00546. The van der Waals surface area contributed by atoms with Gasteiger partial charge in [0, 0.05) is 38.5 Å². The molecule has 6 nitrogen and oxygen atoms in total. The number of nitrogens with zero attached hydrogens (tertiary/aromatic N) is 4. The van der Waals surface area contributed by atoms with E-state index < -0.39 is 0 Å². The van der Waals surface area contributed by atoms with E-state index in [0.29, 0.717) is 29.7 Å². The first-order valence-electron chi connectivity index (χ1n) is 11.1. The minimum atomic E-state index is -0.166. The molecule has 1 aromatic heterocycles. The van der Waals surface area contributed by atoms with Gasteiger partial charge in [0.05, 0.1) is 24.9 Å². The lowest BCUT2D eigenvalue weighted by Gasteiger charge is -2.37. The molecule has 4 rings (SSSR count). The van der Waals surface area contributed by atoms with E-state index in [0.717, 1.165) is 50.9 Å². The molecule has 30 heavy (non-hydrogen) atoms. The second kappa shape index (κ2) is 9.43. The minimum Gasteiger partial charge on any atom is -0.497 e. The second-order valence-corrected chi connectivity index (χ2v) is 8.78. The molecule has 1 saturated heterocycles. The van der Waals surface area contributed by atoms with Gasteiger partial charge >= 0.3 is 0 Å². The Kier molecular flexibility index (Phi) is 6.68. The van der Waals surface area contributed by atoms with Gasteiger partial charge in [-0.2, -0.15) is 0 Å². The monoisotopic (exact) mass is 416 g/mol. The summed E-state index contributed by atoms with van der Waals surface area (Å²) in [6.07, 6.45) is 7.55. The SMILES string of the molecule is CCCCc1cn([C@@H]2C[C@@H]3CN(Cc4cc(OC)ccc4F)C[C@@H]3C[C@H]2OC)nn1. The Labute approximate surface area is 178 Å². The standard InChI is InChI=1S/C23H33FN4O2/c1-4-5-6-19-15-28(26-25-19)22-10-16-12-27(13-17(16)11-23(22)30-3)14-18-9-20(29-2)7-8-21(18)24/h7-9,15-17,22-23H,4-6,10-14H2,1-3H3/t16-,17+,22-,23-/m1/s1. The van der Waals surface area contributed by atoms with Gasteiger partial charge in [-0.3, -0.25) is 4.90 Å². The number of methoxy groups -OCH3 is 2. The van der Waals surface area contributed by atoms with E-state index in [4.69, 9.17) is 9.47 Å². The highest BCUT2D eigenvalue weighted by Gasteiger charge is 2.43. The number of fused-ring (bicyclic) bond motifs is 1. The van der Waals surface area contributed by atoms with Crippen LogP contribution in [0.1, 0.15) is 49.9 Å². The summed E-state index contributed by atoms with van der Waals surface area (Å²) in [5, 5.41) is 8.81. The number of aryl methyl sites for hydroxylation is 1. The molecule has 7 heteroatoms. The molecule has 2 aromatic rings. The maximum absolute atomic E-state index is 14.3. The maximum Gasteiger partial charge on any atom is 0.127 e. The average Bonchev–Trinajstić information content (AvgIpc) is 3.38. The van der Waals surface area contributed by atoms with Crippen LogP contribution in [-0.4, -0.2) is 53.3 Å². The van der Waals surface area contributed by atoms with Crippen molar-refractivity contribution in [3.63, 3.8) is 0 Å². The van der Waals surface area contributed by atoms with Crippen molar-refractivity contribution >= 4 is 0 Å². The van der Waals surface area contributed by atoms with Gasteiger partial charge in [-0.05, 0) is 55.7 Å². The summed E-state index contributed by atoms with van der Waals surface area (Å²) in [7, 11) is 3.41. The summed E-state index contributed by atoms with van der Waals surface area (Å²) in [5.74, 6) is 1.68. The van der Waals surface area contributed by atoms with Crippen LogP contribution >= 0.6 is 0 Å². The normalized spacial score (nSPS) is 26.7. The molecule has 0 spiro atoms. The first kappa shape index (κ1) is 21.2. The zero-order chi connectivity index (χ0) is 21.1. The average molecular weight is 417 g/mol. The fourth-order valence-electron chi connectivity index (χ4n) is 5.14. The van der Waals surface area contributed by atoms with Gasteiger partial charge in [-0.1, -0.05) is 18.6 Å². The number of hydrogen-bond donors (Lipinski definition) is 0. The van der Waals surface area contributed by atoms with Crippen molar-refractivity contribution in [3.8, 4) is 5.75 Å². The third kappa shape index (κ3) is 4.52. The van der Waals surface area contributed by atoms with Crippen LogP contribution in [0.4, 0.5) is 4.39 Å². The van der Waals surface area contributed by atoms with Crippen LogP contribution in [0.3, 0.4) is 0 Å². The highest BCUT2D eigenvalue weighted by atomic mass is 19.1. The highest BCUT2D eigenvalue weighted by Crippen LogP contribution is 2.42. The molecule has 1 aliphatic heterocycles. The Morgan fingerprint density at radius 1 is 1.17 bits per heavy atom. The Morgan fingerprint density at radius 2 is 1.97 bits per heavy atom. The number of aromatic nitrogens is 3. The summed E-state index contributed by atoms with van der Waals surface area (Å²) < 4.78 is 27.5. The molecule has 2 fully saturated rings. The third-order valence-electron chi connectivity index (χ3n) is 6.79. The van der Waals surface area contributed by atoms with E-state index in [1.165, 1.54) is 6.07 Å². The molecule has 0 bridgehead atoms. The van der Waals surface area contributed by atoms with Crippen molar-refractivity contribution in [3.05, 3.63) is 41.5 Å². The molecule has 164 valence electrons. The van der Waals surface area contributed by atoms with Crippen molar-refractivity contribution < 1.29 is 13.9 Å². The molecule has 1 aromatic carbocycles. The van der Waals surface area contributed by atoms with E-state index in [2.05, 4.69) is 28.3 Å². The summed E-state index contributed by atoms with van der Waals surface area (Å²) in [4.78, 5) is 2.37. The van der Waals surface area contributed by atoms with Crippen molar-refractivity contribution in [1.29, 1.82) is 0 Å². The van der Waals surface area contributed by atoms with Crippen LogP contribution in [-0.2, 0) is 17.7 Å². The first-order chi connectivity index (χ1) is 14.6. The summed E-state index contributed by atoms with van der Waals surface area (Å²) in [6, 6.07) is 5.19. The van der Waals surface area contributed by atoms with Gasteiger partial charge in [-0.15, -0.1) is 5.10 Å². The quantitative estimate of drug-likeness (QED) is 0.654. The van der Waals surface area contributed by atoms with Gasteiger partial charge in [0.15, 0.2) is 0 Å². The van der Waals surface area contributed by atoms with Crippen LogP contribution in [0.5, 0.6) is 5.75 Å². The van der Waals surface area contributed by atoms with Gasteiger partial charge in [0.25, 0.3) is 0 Å². The van der Waals surface area contributed by atoms with E-state index >= 15 is 0 Å². The zero-order valence-corrected chi connectivity index (χ0v) is 18.3. The largest absolute Gasteiger partial charge is 0.497 e. The number of hydrogen-bond acceptors (Lipinski definition) is 5. The van der Waals surface area contributed by atoms with Crippen molar-refractivity contribution in [1.82, 2.24) is 19.9 Å². The van der Waals surface area contributed by atoms with Gasteiger partial charge in [-0.25, -0.2) is 9.07 Å². The molecule has 0 amide bonds. The topological polar surface area (TPSA) is 52.4 Å². The van der Waals surface area contributed by atoms with Crippen molar-refractivity contribution in [2.75, 3.05) is 27.3 Å². The zero-order valence-electron chi connectivity index (χ0n) is 18.3. The summed E-state index contributed by atoms with van der Waals surface area (Å²) in [5.41, 5.74) is 1.76. The van der Waals surface area contributed by atoms with Crippen LogP contribution in [0.2, 0.25) is 0 Å². The van der Waals surface area contributed by atoms with Crippen LogP contribution in [0.25, 0.3) is 0 Å². The molecule has 1 saturated carbocycles. The first-order valence-corrected chi connectivity index (χ1v) is 11.1. The Hall–Kier alpha value is -1.99. The highest BCUT2D eigenvalue weighted by molar-refractivity contribution is 5.29. The molecular formula is C23H33FN4O2. The van der Waals surface area contributed by atoms with Crippen molar-refractivity contribution in [2.24, 2.45) is 11.8 Å². The second-order valence-electron chi connectivity index (χ2n) is 8.78. The fraction of sp³-hybridized carbons (Fsp3) is 0.652. The molecule has 0 unspecified atom stereocenters. The van der Waals surface area contributed by atoms with Crippen LogP contribution in [0, 0.1) is 17.7 Å². The third-order valence-corrected chi connectivity index (χ3v) is 6.79. The number of benzene rings is 1. The van der Waals surface area contributed by atoms with Crippen molar-refractivity contribution in [2.45, 2.75) is 57.7 Å². The summed E-state index contributed by atoms with van der Waals surface area (Å²) >= 11 is 0. The van der Waals surface area contributed by atoms with E-state index in [1.54, 1.807) is 20.3 Å². The smallest absolute Gasteiger partial charge is 0.127 e. The molecule has 2 aliphatic rings. The molecule has 1 aliphatic carbocycles. The Morgan fingerprint density at radius 3 is 2.70 bits per heavy atom. The number of rotatable bonds is 8. The van der Waals surface area contributed by atoms with Crippen LogP contribution < -0.4 is 4.74 Å². The number of halogens is 1. The fourth-order valence-corrected chi connectivity index (χ4v) is 5.14. The lowest BCUT2D eigenvalue weighted by atomic mass is 9.77. The lowest BCUT2D eigenvalue weighted by Crippen LogP contribution is -2.37. The van der Waals surface area contributed by atoms with E-state index in [1.807, 2.05) is 10.7 Å². The molecule has 0 N–H and O–H groups in total. The predicted molar refractivity (Wildman–Crippen MR) is 113 cm³/mol. The Balaban J connectivity index is 1.43. The van der Waals surface area contributed by atoms with E-state index in [9.17, 15) is 4.39 Å². The van der Waals surface area contributed by atoms with Gasteiger partial charge in [0.2, 0.25) is 0 Å². The van der Waals surface area contributed by atoms with E-state index in [-0.39, 0.29) is 18.0 Å². The van der Waals surface area contributed by atoms with Crippen LogP contribution in [0.15, 0.2) is 24.4 Å². The maximum atomic E-state index is 14.3. The van der Waals surface area contributed by atoms with Gasteiger partial charge in [0.1, 0.15) is 11.6 Å². The number of unbranched alkanes of at least 4 members (excludes halogenated alkanes) is 1. The predicted octanol–water partition coefficient (Wildman–Crippen LogP) is 3.87. The summed E-state index contributed by atoms with van der Waals surface area (Å²) in [6.45, 7) is 4.76. The molecule has 4 atom stereocenters.